The van der Waals surface area contributed by atoms with Gasteiger partial charge in [0.15, 0.2) is 11.5 Å². The van der Waals surface area contributed by atoms with E-state index in [0.717, 1.165) is 61.7 Å². The number of ether oxygens (including phenoxy) is 3. The Kier molecular flexibility index (Phi) is 11.9. The van der Waals surface area contributed by atoms with Crippen molar-refractivity contribution in [2.45, 2.75) is 107 Å². The molecule has 1 saturated heterocycles. The predicted molar refractivity (Wildman–Crippen MR) is 211 cm³/mol. The van der Waals surface area contributed by atoms with E-state index in [1.165, 1.54) is 22.7 Å². The molecule has 2 aliphatic carbocycles. The van der Waals surface area contributed by atoms with Gasteiger partial charge in [-0.15, -0.1) is 27.8 Å². The number of hydrogen-bond donors (Lipinski definition) is 5. The quantitative estimate of drug-likeness (QED) is 0.117. The maximum atomic E-state index is 13.5. The van der Waals surface area contributed by atoms with E-state index in [9.17, 15) is 24.9 Å². The van der Waals surface area contributed by atoms with Crippen molar-refractivity contribution in [3.05, 3.63) is 56.4 Å². The van der Waals surface area contributed by atoms with Crippen molar-refractivity contribution in [3.8, 4) is 11.5 Å². The fourth-order valence-electron chi connectivity index (χ4n) is 9.24. The minimum Gasteiger partial charge on any atom is -0.486 e. The Morgan fingerprint density at radius 1 is 1.09 bits per heavy atom. The molecule has 4 unspecified atom stereocenters. The van der Waals surface area contributed by atoms with Gasteiger partial charge in [-0.3, -0.25) is 4.79 Å². The molecule has 4 aromatic rings. The maximum absolute atomic E-state index is 13.5. The Hall–Kier alpha value is -3.64. The Labute approximate surface area is 334 Å². The first kappa shape index (κ1) is 39.2. The predicted octanol–water partition coefficient (Wildman–Crippen LogP) is 3.55. The minimum atomic E-state index is -1.79. The maximum Gasteiger partial charge on any atom is 0.349 e. The molecule has 1 amide bonds. The van der Waals surface area contributed by atoms with Crippen LogP contribution in [0.15, 0.2) is 41.1 Å². The number of piperidine rings is 1. The van der Waals surface area contributed by atoms with E-state index in [1.54, 1.807) is 12.1 Å². The molecule has 1 aromatic carbocycles. The molecule has 5 heterocycles. The lowest BCUT2D eigenvalue weighted by atomic mass is 9.68. The van der Waals surface area contributed by atoms with Gasteiger partial charge in [0, 0.05) is 37.7 Å². The molecule has 5 N–H and O–H groups in total. The summed E-state index contributed by atoms with van der Waals surface area (Å²) in [6, 6.07) is 9.27. The van der Waals surface area contributed by atoms with Crippen LogP contribution >= 0.6 is 22.7 Å². The zero-order valence-electron chi connectivity index (χ0n) is 31.7. The van der Waals surface area contributed by atoms with Crippen LogP contribution < -0.4 is 20.1 Å². The monoisotopic (exact) mass is 808 g/mol. The number of aromatic nitrogens is 3. The van der Waals surface area contributed by atoms with E-state index in [1.807, 2.05) is 33.6 Å². The molecule has 0 spiro atoms. The summed E-state index contributed by atoms with van der Waals surface area (Å²) >= 11 is 2.70. The molecule has 3 aromatic heterocycles. The zero-order chi connectivity index (χ0) is 38.8. The van der Waals surface area contributed by atoms with Gasteiger partial charge >= 0.3 is 5.97 Å². The van der Waals surface area contributed by atoms with E-state index < -0.39 is 23.8 Å². The molecular formula is C40H52N6O8S2. The van der Waals surface area contributed by atoms with E-state index in [4.69, 9.17) is 14.2 Å². The summed E-state index contributed by atoms with van der Waals surface area (Å²) in [6.07, 6.45) is 5.07. The molecule has 56 heavy (non-hydrogen) atoms. The Morgan fingerprint density at radius 2 is 1.82 bits per heavy atom. The van der Waals surface area contributed by atoms with E-state index >= 15 is 0 Å². The van der Waals surface area contributed by atoms with Crippen LogP contribution in [-0.2, 0) is 33.0 Å². The van der Waals surface area contributed by atoms with Gasteiger partial charge in [0.2, 0.25) is 11.5 Å². The van der Waals surface area contributed by atoms with Gasteiger partial charge in [0.25, 0.3) is 0 Å². The largest absolute Gasteiger partial charge is 0.486 e. The lowest BCUT2D eigenvalue weighted by Crippen LogP contribution is -2.58. The summed E-state index contributed by atoms with van der Waals surface area (Å²) < 4.78 is 20.2. The summed E-state index contributed by atoms with van der Waals surface area (Å²) in [5.41, 5.74) is 0.630. The minimum absolute atomic E-state index is 0.00706. The first-order chi connectivity index (χ1) is 27.2. The van der Waals surface area contributed by atoms with Crippen molar-refractivity contribution >= 4 is 45.6 Å². The highest BCUT2D eigenvalue weighted by Crippen LogP contribution is 2.42. The molecular weight excluding hydrogens is 757 g/mol. The second-order valence-electron chi connectivity index (χ2n) is 15.7. The van der Waals surface area contributed by atoms with Crippen LogP contribution in [0.2, 0.25) is 0 Å². The Morgan fingerprint density at radius 3 is 2.54 bits per heavy atom. The second kappa shape index (κ2) is 17.1. The van der Waals surface area contributed by atoms with Gasteiger partial charge in [-0.1, -0.05) is 17.3 Å². The lowest BCUT2D eigenvalue weighted by Gasteiger charge is -2.45. The number of nitrogens with zero attached hydrogens (tertiary/aromatic N) is 4. The lowest BCUT2D eigenvalue weighted by molar-refractivity contribution is -0.169. The van der Waals surface area contributed by atoms with Gasteiger partial charge < -0.3 is 45.1 Å². The van der Waals surface area contributed by atoms with Crippen LogP contribution in [-0.4, -0.2) is 111 Å². The number of esters is 1. The number of aliphatic hydroxyl groups excluding tert-OH is 2. The third-order valence-electron chi connectivity index (χ3n) is 12.3. The topological polar surface area (TPSA) is 181 Å². The first-order valence-corrected chi connectivity index (χ1v) is 21.7. The van der Waals surface area contributed by atoms with Gasteiger partial charge in [0.1, 0.15) is 30.4 Å². The number of thiophene rings is 2. The molecule has 302 valence electrons. The molecule has 2 saturated carbocycles. The molecule has 8 rings (SSSR count). The number of benzene rings is 1. The molecule has 0 bridgehead atoms. The number of fused-ring (bicyclic) bond motifs is 4. The van der Waals surface area contributed by atoms with Crippen LogP contribution in [0.4, 0.5) is 0 Å². The summed E-state index contributed by atoms with van der Waals surface area (Å²) in [5, 5.41) is 52.4. The number of carbonyl (C=O) groups excluding carboxylic acids is 2. The first-order valence-electron chi connectivity index (χ1n) is 19.9. The number of hydrogen-bond acceptors (Lipinski definition) is 14. The number of aryl methyl sites for hydroxylation is 1. The second-order valence-corrected chi connectivity index (χ2v) is 17.6. The number of aliphatic hydroxyl groups is 3. The average molecular weight is 809 g/mol. The highest BCUT2D eigenvalue weighted by molar-refractivity contribution is 7.12. The standard InChI is InChI=1S/C40H52N6O8S2/c1-45(25-7-9-26(10-8-25)54-39(50)40(51,32-5-2-19-55-32)33-6-3-20-56-33)15-4-16-46-36-29(43-44-46)21-24(37-38(36)53-18-17-52-37)22-41-23-31(48)27-11-13-30(47)35-28(27)12-14-34(49)42-35/h2-3,5-6,19-21,25-28,30-31,35,41,47-48,51H,4,7-18,22-23H2,1H3,(H,42,49)/t25?,26?,27?,28?,30?,31-,35?/m0/s1. The van der Waals surface area contributed by atoms with Crippen molar-refractivity contribution in [2.75, 3.05) is 33.4 Å². The summed E-state index contributed by atoms with van der Waals surface area (Å²) in [7, 11) is 2.14. The van der Waals surface area contributed by atoms with Gasteiger partial charge in [-0.25, -0.2) is 9.48 Å². The molecule has 3 fully saturated rings. The third-order valence-corrected chi connectivity index (χ3v) is 14.2. The molecule has 0 radical (unpaired) electrons. The molecule has 2 aliphatic heterocycles. The van der Waals surface area contributed by atoms with Crippen LogP contribution in [0.25, 0.3) is 11.0 Å². The third kappa shape index (κ3) is 7.93. The average Bonchev–Trinajstić information content (AvgIpc) is 4.02. The Balaban J connectivity index is 0.833. The van der Waals surface area contributed by atoms with Crippen LogP contribution in [0, 0.1) is 11.8 Å². The van der Waals surface area contributed by atoms with E-state index in [-0.39, 0.29) is 29.9 Å². The van der Waals surface area contributed by atoms with Gasteiger partial charge in [-0.05, 0) is 106 Å². The van der Waals surface area contributed by atoms with Crippen molar-refractivity contribution in [1.82, 2.24) is 30.5 Å². The van der Waals surface area contributed by atoms with E-state index in [2.05, 4.69) is 32.9 Å². The van der Waals surface area contributed by atoms with Gasteiger partial charge in [-0.2, -0.15) is 0 Å². The van der Waals surface area contributed by atoms with Crippen LogP contribution in [0.3, 0.4) is 0 Å². The fourth-order valence-corrected chi connectivity index (χ4v) is 11.0. The molecule has 5 atom stereocenters. The van der Waals surface area contributed by atoms with Crippen LogP contribution in [0.1, 0.15) is 73.1 Å². The SMILES string of the molecule is CN(CCCn1nnc2cc(CNC[C@H](O)C3CCC(O)C4NC(=O)CCC43)c3c(c21)OCCO3)C1CCC(OC(=O)C(O)(c2cccs2)c2cccs2)CC1. The normalized spacial score (nSPS) is 25.8. The molecule has 16 heteroatoms. The Bertz CT molecular complexity index is 1910. The highest BCUT2D eigenvalue weighted by Gasteiger charge is 2.46. The summed E-state index contributed by atoms with van der Waals surface area (Å²) in [6.45, 7) is 3.18. The van der Waals surface area contributed by atoms with Crippen molar-refractivity contribution in [1.29, 1.82) is 0 Å². The van der Waals surface area contributed by atoms with Crippen molar-refractivity contribution < 1.29 is 39.1 Å². The highest BCUT2D eigenvalue weighted by atomic mass is 32.1. The molecule has 4 aliphatic rings. The van der Waals surface area contributed by atoms with Crippen molar-refractivity contribution in [2.24, 2.45) is 11.8 Å². The number of rotatable bonds is 14. The van der Waals surface area contributed by atoms with Crippen LogP contribution in [0.5, 0.6) is 11.5 Å². The van der Waals surface area contributed by atoms with Crippen molar-refractivity contribution in [3.63, 3.8) is 0 Å². The number of carbonyl (C=O) groups is 2. The summed E-state index contributed by atoms with van der Waals surface area (Å²) in [5.74, 6) is 0.724. The molecule has 14 nitrogen and oxygen atoms in total. The van der Waals surface area contributed by atoms with E-state index in [0.29, 0.717) is 79.4 Å². The smallest absolute Gasteiger partial charge is 0.349 e. The fraction of sp³-hybridized carbons (Fsp3) is 0.600. The number of amides is 1. The number of nitrogens with one attached hydrogen (secondary N) is 2. The van der Waals surface area contributed by atoms with Gasteiger partial charge in [0.05, 0.1) is 28.0 Å². The summed E-state index contributed by atoms with van der Waals surface area (Å²) in [4.78, 5) is 28.9. The zero-order valence-corrected chi connectivity index (χ0v) is 33.3.